The number of anilines is 1. The van der Waals surface area contributed by atoms with Crippen molar-refractivity contribution in [2.24, 2.45) is 0 Å². The van der Waals surface area contributed by atoms with Crippen LogP contribution in [0.3, 0.4) is 0 Å². The van der Waals surface area contributed by atoms with Crippen molar-refractivity contribution in [1.29, 1.82) is 0 Å². The second-order valence-electron chi connectivity index (χ2n) is 2.94. The van der Waals surface area contributed by atoms with Crippen LogP contribution in [0.4, 0.5) is 5.69 Å². The number of methoxy groups -OCH3 is 1. The molecule has 0 spiro atoms. The quantitative estimate of drug-likeness (QED) is 0.823. The molecule has 0 atom stereocenters. The van der Waals surface area contributed by atoms with E-state index in [0.29, 0.717) is 16.7 Å². The number of rotatable bonds is 4. The predicted octanol–water partition coefficient (Wildman–Crippen LogP) is 0.611. The van der Waals surface area contributed by atoms with Gasteiger partial charge in [-0.05, 0) is 22.9 Å². The molecule has 0 radical (unpaired) electrons. The molecule has 0 aliphatic carbocycles. The van der Waals surface area contributed by atoms with Crippen LogP contribution in [-0.4, -0.2) is 29.4 Å². The van der Waals surface area contributed by atoms with Crippen LogP contribution >= 0.6 is 15.9 Å². The van der Waals surface area contributed by atoms with Gasteiger partial charge in [0, 0.05) is 6.54 Å². The smallest absolute Gasteiger partial charge is 0.327 e. The highest BCUT2D eigenvalue weighted by Gasteiger charge is 2.10. The van der Waals surface area contributed by atoms with Crippen molar-refractivity contribution in [3.8, 4) is 0 Å². The molecule has 0 fully saturated rings. The van der Waals surface area contributed by atoms with Crippen LogP contribution < -0.4 is 10.9 Å². The molecule has 0 amide bonds. The third-order valence-electron chi connectivity index (χ3n) is 1.86. The molecule has 1 aromatic rings. The van der Waals surface area contributed by atoms with E-state index in [1.807, 2.05) is 6.92 Å². The Bertz CT molecular complexity index is 444. The van der Waals surface area contributed by atoms with Gasteiger partial charge in [-0.3, -0.25) is 9.59 Å². The Hall–Kier alpha value is -1.37. The highest BCUT2D eigenvalue weighted by atomic mass is 79.9. The molecule has 0 bridgehead atoms. The van der Waals surface area contributed by atoms with Crippen LogP contribution in [0.15, 0.2) is 15.5 Å². The highest BCUT2D eigenvalue weighted by Crippen LogP contribution is 2.15. The van der Waals surface area contributed by atoms with E-state index >= 15 is 0 Å². The number of carbonyl (C=O) groups excluding carboxylic acids is 1. The van der Waals surface area contributed by atoms with Crippen molar-refractivity contribution < 1.29 is 9.53 Å². The zero-order valence-electron chi connectivity index (χ0n) is 8.99. The molecule has 6 nitrogen and oxygen atoms in total. The SMILES string of the molecule is CCNc1cnn(CC(=O)OC)c(=O)c1Br. The number of aromatic nitrogens is 2. The summed E-state index contributed by atoms with van der Waals surface area (Å²) in [6.07, 6.45) is 1.48. The molecule has 0 saturated carbocycles. The monoisotopic (exact) mass is 289 g/mol. The number of halogens is 1. The molecule has 1 heterocycles. The largest absolute Gasteiger partial charge is 0.468 e. The molecule has 7 heteroatoms. The number of ether oxygens (including phenoxy) is 1. The van der Waals surface area contributed by atoms with E-state index < -0.39 is 5.97 Å². The second kappa shape index (κ2) is 5.64. The minimum absolute atomic E-state index is 0.194. The lowest BCUT2D eigenvalue weighted by atomic mass is 10.4. The van der Waals surface area contributed by atoms with Crippen molar-refractivity contribution in [2.45, 2.75) is 13.5 Å². The number of carbonyl (C=O) groups is 1. The lowest BCUT2D eigenvalue weighted by Crippen LogP contribution is -2.28. The summed E-state index contributed by atoms with van der Waals surface area (Å²) in [7, 11) is 1.26. The van der Waals surface area contributed by atoms with Gasteiger partial charge >= 0.3 is 5.97 Å². The van der Waals surface area contributed by atoms with Gasteiger partial charge in [0.15, 0.2) is 0 Å². The van der Waals surface area contributed by atoms with E-state index in [1.165, 1.54) is 13.3 Å². The van der Waals surface area contributed by atoms with E-state index in [9.17, 15) is 9.59 Å². The van der Waals surface area contributed by atoms with E-state index in [2.05, 4.69) is 31.1 Å². The second-order valence-corrected chi connectivity index (χ2v) is 3.73. The maximum absolute atomic E-state index is 11.7. The van der Waals surface area contributed by atoms with Gasteiger partial charge in [-0.1, -0.05) is 0 Å². The third-order valence-corrected chi connectivity index (χ3v) is 2.63. The molecule has 88 valence electrons. The van der Waals surface area contributed by atoms with Gasteiger partial charge in [0.2, 0.25) is 0 Å². The van der Waals surface area contributed by atoms with E-state index in [-0.39, 0.29) is 12.1 Å². The Morgan fingerprint density at radius 1 is 1.69 bits per heavy atom. The van der Waals surface area contributed by atoms with Gasteiger partial charge in [-0.2, -0.15) is 5.10 Å². The van der Waals surface area contributed by atoms with Crippen molar-refractivity contribution in [3.05, 3.63) is 21.0 Å². The summed E-state index contributed by atoms with van der Waals surface area (Å²) in [6, 6.07) is 0. The van der Waals surface area contributed by atoms with Crippen LogP contribution in [0, 0.1) is 0 Å². The van der Waals surface area contributed by atoms with Gasteiger partial charge in [0.1, 0.15) is 11.0 Å². The van der Waals surface area contributed by atoms with Gasteiger partial charge in [0.05, 0.1) is 19.0 Å². The van der Waals surface area contributed by atoms with Crippen molar-refractivity contribution in [3.63, 3.8) is 0 Å². The topological polar surface area (TPSA) is 73.2 Å². The zero-order valence-corrected chi connectivity index (χ0v) is 10.6. The maximum Gasteiger partial charge on any atom is 0.327 e. The van der Waals surface area contributed by atoms with Crippen molar-refractivity contribution >= 4 is 27.6 Å². The molecule has 1 aromatic heterocycles. The predicted molar refractivity (Wildman–Crippen MR) is 62.4 cm³/mol. The zero-order chi connectivity index (χ0) is 12.1. The first-order valence-electron chi connectivity index (χ1n) is 4.66. The molecule has 0 aliphatic rings. The molecule has 0 unspecified atom stereocenters. The number of nitrogens with one attached hydrogen (secondary N) is 1. The third kappa shape index (κ3) is 2.82. The average molecular weight is 290 g/mol. The lowest BCUT2D eigenvalue weighted by molar-refractivity contribution is -0.141. The van der Waals surface area contributed by atoms with Crippen LogP contribution in [0.2, 0.25) is 0 Å². The summed E-state index contributed by atoms with van der Waals surface area (Å²) in [5, 5.41) is 6.83. The Morgan fingerprint density at radius 2 is 2.38 bits per heavy atom. The van der Waals surface area contributed by atoms with Crippen LogP contribution in [0.5, 0.6) is 0 Å². The summed E-state index contributed by atoms with van der Waals surface area (Å²) >= 11 is 3.16. The summed E-state index contributed by atoms with van der Waals surface area (Å²) in [5.41, 5.74) is 0.234. The van der Waals surface area contributed by atoms with Crippen LogP contribution in [0.1, 0.15) is 6.92 Å². The van der Waals surface area contributed by atoms with Gasteiger partial charge < -0.3 is 10.1 Å². The Morgan fingerprint density at radius 3 is 2.94 bits per heavy atom. The van der Waals surface area contributed by atoms with Gasteiger partial charge in [0.25, 0.3) is 5.56 Å². The Balaban J connectivity index is 3.02. The number of hydrogen-bond donors (Lipinski definition) is 1. The first-order chi connectivity index (χ1) is 7.60. The molecular weight excluding hydrogens is 278 g/mol. The fourth-order valence-electron chi connectivity index (χ4n) is 1.08. The molecule has 0 aromatic carbocycles. The normalized spacial score (nSPS) is 9.94. The van der Waals surface area contributed by atoms with Crippen molar-refractivity contribution in [2.75, 3.05) is 19.0 Å². The fourth-order valence-corrected chi connectivity index (χ4v) is 1.53. The van der Waals surface area contributed by atoms with Crippen molar-refractivity contribution in [1.82, 2.24) is 9.78 Å². The molecular formula is C9H12BrN3O3. The molecule has 16 heavy (non-hydrogen) atoms. The average Bonchev–Trinajstić information content (AvgIpc) is 2.28. The maximum atomic E-state index is 11.7. The Labute approximate surface area is 101 Å². The van der Waals surface area contributed by atoms with Crippen LogP contribution in [0.25, 0.3) is 0 Å². The molecule has 0 aliphatic heterocycles. The van der Waals surface area contributed by atoms with E-state index in [1.54, 1.807) is 0 Å². The minimum Gasteiger partial charge on any atom is -0.468 e. The first kappa shape index (κ1) is 12.7. The number of nitrogens with zero attached hydrogens (tertiary/aromatic N) is 2. The summed E-state index contributed by atoms with van der Waals surface area (Å²) in [5.74, 6) is -0.516. The molecule has 1 N–H and O–H groups in total. The van der Waals surface area contributed by atoms with Crippen LogP contribution in [-0.2, 0) is 16.1 Å². The summed E-state index contributed by atoms with van der Waals surface area (Å²) in [4.78, 5) is 22.7. The molecule has 0 saturated heterocycles. The first-order valence-corrected chi connectivity index (χ1v) is 5.45. The van der Waals surface area contributed by atoms with E-state index in [4.69, 9.17) is 0 Å². The standard InChI is InChI=1S/C9H12BrN3O3/c1-3-11-6-4-12-13(5-7(14)16-2)9(15)8(6)10/h4,11H,3,5H2,1-2H3. The van der Waals surface area contributed by atoms with Gasteiger partial charge in [-0.15, -0.1) is 0 Å². The number of esters is 1. The molecule has 1 rings (SSSR count). The minimum atomic E-state index is -0.516. The van der Waals surface area contributed by atoms with Gasteiger partial charge in [-0.25, -0.2) is 4.68 Å². The summed E-state index contributed by atoms with van der Waals surface area (Å²) in [6.45, 7) is 2.40. The lowest BCUT2D eigenvalue weighted by Gasteiger charge is -2.08. The Kier molecular flexibility index (Phi) is 4.48. The van der Waals surface area contributed by atoms with E-state index in [0.717, 1.165) is 4.68 Å². The fraction of sp³-hybridized carbons (Fsp3) is 0.444. The number of hydrogen-bond acceptors (Lipinski definition) is 5. The summed E-state index contributed by atoms with van der Waals surface area (Å²) < 4.78 is 5.85. The highest BCUT2D eigenvalue weighted by molar-refractivity contribution is 9.10.